The maximum absolute atomic E-state index is 10.3. The first kappa shape index (κ1) is 25.3. The largest absolute Gasteiger partial charge is 0.497 e. The second-order valence-electron chi connectivity index (χ2n) is 9.49. The number of piperidine rings is 1. The minimum Gasteiger partial charge on any atom is -0.497 e. The summed E-state index contributed by atoms with van der Waals surface area (Å²) >= 11 is 8.48. The highest BCUT2D eigenvalue weighted by Gasteiger charge is 2.33. The number of nitrogens with zero attached hydrogens (tertiary/aromatic N) is 2. The Morgan fingerprint density at radius 1 is 1.18 bits per heavy atom. The number of benzene rings is 2. The number of likely N-dealkylation sites (tertiary alicyclic amines) is 1. The quantitative estimate of drug-likeness (QED) is 0.328. The molecule has 0 radical (unpaired) electrons. The molecule has 6 heteroatoms. The number of fused-ring (bicyclic) bond motifs is 1. The summed E-state index contributed by atoms with van der Waals surface area (Å²) in [7, 11) is 1.68. The van der Waals surface area contributed by atoms with Crippen LogP contribution in [0.5, 0.6) is 5.75 Å². The Morgan fingerprint density at radius 3 is 2.74 bits per heavy atom. The van der Waals surface area contributed by atoms with Crippen LogP contribution in [-0.4, -0.2) is 54.1 Å². The lowest BCUT2D eigenvalue weighted by Gasteiger charge is -2.41. The number of aromatic nitrogens is 1. The molecule has 1 aliphatic heterocycles. The second kappa shape index (κ2) is 11.8. The van der Waals surface area contributed by atoms with Gasteiger partial charge in [0.25, 0.3) is 0 Å². The van der Waals surface area contributed by atoms with Crippen LogP contribution in [0.25, 0.3) is 10.9 Å². The molecular weight excluding hydrogens is 464 g/mol. The Morgan fingerprint density at radius 2 is 2.00 bits per heavy atom. The van der Waals surface area contributed by atoms with E-state index in [0.717, 1.165) is 79.7 Å². The van der Waals surface area contributed by atoms with Gasteiger partial charge in [-0.1, -0.05) is 29.3 Å². The number of aliphatic hydroxyl groups excluding tert-OH is 1. The fraction of sp³-hybridized carbons (Fsp3) is 0.464. The molecule has 182 valence electrons. The van der Waals surface area contributed by atoms with E-state index in [0.29, 0.717) is 5.02 Å². The van der Waals surface area contributed by atoms with Gasteiger partial charge in [0.15, 0.2) is 0 Å². The van der Waals surface area contributed by atoms with Crippen LogP contribution in [-0.2, 0) is 6.42 Å². The number of hydrogen-bond acceptors (Lipinski definition) is 5. The van der Waals surface area contributed by atoms with Crippen molar-refractivity contribution in [2.45, 2.75) is 43.9 Å². The molecule has 0 bridgehead atoms. The van der Waals surface area contributed by atoms with E-state index in [1.54, 1.807) is 13.3 Å². The third-order valence-corrected chi connectivity index (χ3v) is 8.49. The number of methoxy groups -OCH3 is 1. The monoisotopic (exact) mass is 498 g/mol. The van der Waals surface area contributed by atoms with Crippen molar-refractivity contribution in [3.05, 3.63) is 64.8 Å². The second-order valence-corrected chi connectivity index (χ2v) is 11.1. The number of aryl methyl sites for hydroxylation is 2. The van der Waals surface area contributed by atoms with E-state index in [9.17, 15) is 5.11 Å². The van der Waals surface area contributed by atoms with Gasteiger partial charge in [0.2, 0.25) is 0 Å². The van der Waals surface area contributed by atoms with Crippen molar-refractivity contribution in [2.75, 3.05) is 39.1 Å². The summed E-state index contributed by atoms with van der Waals surface area (Å²) in [6, 6.07) is 14.7. The lowest BCUT2D eigenvalue weighted by molar-refractivity contribution is 0.0378. The van der Waals surface area contributed by atoms with Crippen molar-refractivity contribution >= 4 is 34.3 Å². The number of thioether (sulfide) groups is 1. The van der Waals surface area contributed by atoms with Crippen molar-refractivity contribution in [2.24, 2.45) is 5.41 Å². The molecule has 0 atom stereocenters. The molecule has 0 unspecified atom stereocenters. The van der Waals surface area contributed by atoms with Crippen LogP contribution in [0.4, 0.5) is 0 Å². The summed E-state index contributed by atoms with van der Waals surface area (Å²) < 4.78 is 5.41. The van der Waals surface area contributed by atoms with Gasteiger partial charge in [-0.05, 0) is 93.4 Å². The Labute approximate surface area is 212 Å². The molecule has 0 saturated carbocycles. The Balaban J connectivity index is 1.29. The third kappa shape index (κ3) is 6.25. The summed E-state index contributed by atoms with van der Waals surface area (Å²) in [5.74, 6) is 1.92. The third-order valence-electron chi connectivity index (χ3n) is 7.19. The van der Waals surface area contributed by atoms with Crippen molar-refractivity contribution in [3.8, 4) is 5.75 Å². The van der Waals surface area contributed by atoms with Gasteiger partial charge in [0.05, 0.1) is 17.6 Å². The van der Waals surface area contributed by atoms with Crippen LogP contribution in [0, 0.1) is 12.3 Å². The van der Waals surface area contributed by atoms with Crippen LogP contribution in [0.2, 0.25) is 5.02 Å². The first-order chi connectivity index (χ1) is 16.5. The van der Waals surface area contributed by atoms with E-state index in [2.05, 4.69) is 41.1 Å². The predicted octanol–water partition coefficient (Wildman–Crippen LogP) is 6.39. The van der Waals surface area contributed by atoms with Crippen LogP contribution >= 0.6 is 23.4 Å². The number of halogens is 1. The molecule has 4 rings (SSSR count). The SMILES string of the molecule is COc1ccc2ncc(Cl)c(CCCC3(CO)CCN(CCSc4cccc(C)c4)CC3)c2c1. The fourth-order valence-electron chi connectivity index (χ4n) is 4.96. The molecule has 1 N–H and O–H groups in total. The normalized spacial score (nSPS) is 16.1. The summed E-state index contributed by atoms with van der Waals surface area (Å²) in [5.41, 5.74) is 3.40. The van der Waals surface area contributed by atoms with Gasteiger partial charge < -0.3 is 14.7 Å². The summed E-state index contributed by atoms with van der Waals surface area (Å²) in [6.45, 7) is 5.62. The molecule has 1 aromatic heterocycles. The first-order valence-corrected chi connectivity index (χ1v) is 13.5. The van der Waals surface area contributed by atoms with Gasteiger partial charge in [0, 0.05) is 35.4 Å². The van der Waals surface area contributed by atoms with E-state index in [1.807, 2.05) is 30.0 Å². The van der Waals surface area contributed by atoms with E-state index >= 15 is 0 Å². The van der Waals surface area contributed by atoms with Crippen LogP contribution in [0.15, 0.2) is 53.6 Å². The van der Waals surface area contributed by atoms with Gasteiger partial charge in [-0.2, -0.15) is 0 Å². The van der Waals surface area contributed by atoms with E-state index in [-0.39, 0.29) is 12.0 Å². The molecule has 1 aliphatic rings. The van der Waals surface area contributed by atoms with Crippen LogP contribution in [0.3, 0.4) is 0 Å². The molecule has 34 heavy (non-hydrogen) atoms. The number of aliphatic hydroxyl groups is 1. The standard InChI is InChI=1S/C28H35ClN2O2S/c1-21-5-3-6-23(17-21)34-16-15-31-13-11-28(20-32,12-14-31)10-4-7-24-25-18-22(33-2)8-9-27(25)30-19-26(24)29/h3,5-6,8-9,17-19,32H,4,7,10-16,20H2,1-2H3. The Hall–Kier alpha value is -1.79. The van der Waals surface area contributed by atoms with Crippen molar-refractivity contribution in [1.82, 2.24) is 9.88 Å². The van der Waals surface area contributed by atoms with Gasteiger partial charge in [-0.3, -0.25) is 4.98 Å². The molecule has 3 aromatic rings. The fourth-order valence-corrected chi connectivity index (χ4v) is 6.23. The summed E-state index contributed by atoms with van der Waals surface area (Å²) in [4.78, 5) is 8.37. The highest BCUT2D eigenvalue weighted by molar-refractivity contribution is 7.99. The molecule has 0 amide bonds. The van der Waals surface area contributed by atoms with Crippen LogP contribution in [0.1, 0.15) is 36.8 Å². The molecule has 1 saturated heterocycles. The zero-order valence-corrected chi connectivity index (χ0v) is 21.8. The minimum atomic E-state index is 0.0210. The van der Waals surface area contributed by atoms with Gasteiger partial charge in [0.1, 0.15) is 5.75 Å². The first-order valence-electron chi connectivity index (χ1n) is 12.2. The number of ether oxygens (including phenoxy) is 1. The average molecular weight is 499 g/mol. The maximum Gasteiger partial charge on any atom is 0.119 e. The predicted molar refractivity (Wildman–Crippen MR) is 143 cm³/mol. The average Bonchev–Trinajstić information content (AvgIpc) is 2.86. The zero-order chi connectivity index (χ0) is 24.0. The lowest BCUT2D eigenvalue weighted by Crippen LogP contribution is -2.42. The lowest BCUT2D eigenvalue weighted by atomic mass is 9.75. The van der Waals surface area contributed by atoms with E-state index < -0.39 is 0 Å². The van der Waals surface area contributed by atoms with Gasteiger partial charge in [-0.25, -0.2) is 0 Å². The molecule has 4 nitrogen and oxygen atoms in total. The maximum atomic E-state index is 10.3. The van der Waals surface area contributed by atoms with Gasteiger partial charge >= 0.3 is 0 Å². The highest BCUT2D eigenvalue weighted by atomic mass is 35.5. The van der Waals surface area contributed by atoms with E-state index in [1.165, 1.54) is 10.5 Å². The van der Waals surface area contributed by atoms with E-state index in [4.69, 9.17) is 16.3 Å². The molecule has 2 aromatic carbocycles. The van der Waals surface area contributed by atoms with Gasteiger partial charge in [-0.15, -0.1) is 11.8 Å². The number of hydrogen-bond donors (Lipinski definition) is 1. The zero-order valence-electron chi connectivity index (χ0n) is 20.2. The summed E-state index contributed by atoms with van der Waals surface area (Å²) in [5, 5.41) is 12.1. The summed E-state index contributed by atoms with van der Waals surface area (Å²) in [6.07, 6.45) is 6.75. The number of pyridine rings is 1. The van der Waals surface area contributed by atoms with Crippen molar-refractivity contribution in [1.29, 1.82) is 0 Å². The minimum absolute atomic E-state index is 0.0210. The molecule has 1 fully saturated rings. The topological polar surface area (TPSA) is 45.6 Å². The van der Waals surface area contributed by atoms with Crippen LogP contribution < -0.4 is 4.74 Å². The Bertz CT molecular complexity index is 1100. The smallest absolute Gasteiger partial charge is 0.119 e. The molecule has 2 heterocycles. The van der Waals surface area contributed by atoms with Crippen molar-refractivity contribution in [3.63, 3.8) is 0 Å². The number of rotatable bonds is 10. The van der Waals surface area contributed by atoms with Crippen molar-refractivity contribution < 1.29 is 9.84 Å². The Kier molecular flexibility index (Phi) is 8.75. The molecule has 0 aliphatic carbocycles. The molecular formula is C28H35ClN2O2S. The highest BCUT2D eigenvalue weighted by Crippen LogP contribution is 2.37. The molecule has 0 spiro atoms.